The zero-order valence-corrected chi connectivity index (χ0v) is 20.3. The van der Waals surface area contributed by atoms with Gasteiger partial charge in [-0.3, -0.25) is 5.32 Å². The third kappa shape index (κ3) is 6.42. The molecule has 35 heavy (non-hydrogen) atoms. The molecule has 3 atom stereocenters. The molecule has 2 N–H and O–H groups in total. The second kappa shape index (κ2) is 11.7. The number of aliphatic hydroxyl groups is 1. The van der Waals surface area contributed by atoms with E-state index in [4.69, 9.17) is 37.4 Å². The SMILES string of the molecule is C=CCOC(=O)Nc1cccc([C@@H]2O[C@H](Cn3cnc(Cl)c3Cl)C[C@H](c3ccc(CO)cc3)O2)c1. The van der Waals surface area contributed by atoms with Crippen LogP contribution in [0.1, 0.15) is 35.5 Å². The summed E-state index contributed by atoms with van der Waals surface area (Å²) in [6.45, 7) is 4.03. The molecule has 1 aliphatic rings. The highest BCUT2D eigenvalue weighted by Gasteiger charge is 2.33. The molecule has 184 valence electrons. The van der Waals surface area contributed by atoms with Gasteiger partial charge in [-0.1, -0.05) is 72.3 Å². The van der Waals surface area contributed by atoms with E-state index in [1.165, 1.54) is 6.08 Å². The highest BCUT2D eigenvalue weighted by atomic mass is 35.5. The van der Waals surface area contributed by atoms with E-state index < -0.39 is 12.4 Å². The normalized spacial score (nSPS) is 19.8. The first-order valence-electron chi connectivity index (χ1n) is 11.0. The van der Waals surface area contributed by atoms with Gasteiger partial charge in [-0.2, -0.15) is 0 Å². The third-order valence-electron chi connectivity index (χ3n) is 5.49. The number of imidazole rings is 1. The van der Waals surface area contributed by atoms with Crippen LogP contribution < -0.4 is 5.32 Å². The van der Waals surface area contributed by atoms with Crippen molar-refractivity contribution in [2.24, 2.45) is 0 Å². The monoisotopic (exact) mass is 517 g/mol. The van der Waals surface area contributed by atoms with Crippen LogP contribution in [0.15, 0.2) is 67.5 Å². The molecular weight excluding hydrogens is 493 g/mol. The standard InChI is InChI=1S/C25H25Cl2N3O5/c1-2-10-33-25(32)29-19-5-3-4-18(11-19)24-34-20(13-30-15-28-22(26)23(30)27)12-21(35-24)17-8-6-16(14-31)7-9-17/h2-9,11,15,20-21,24,31H,1,10,12-14H2,(H,29,32)/t20-,21+,24+/m0/s1. The number of aliphatic hydroxyl groups excluding tert-OH is 1. The Morgan fingerprint density at radius 1 is 1.23 bits per heavy atom. The molecule has 2 heterocycles. The van der Waals surface area contributed by atoms with Crippen LogP contribution in [0.4, 0.5) is 10.5 Å². The molecule has 0 unspecified atom stereocenters. The molecule has 3 aromatic rings. The number of halogens is 2. The number of benzene rings is 2. The van der Waals surface area contributed by atoms with E-state index in [-0.39, 0.29) is 30.6 Å². The Kier molecular flexibility index (Phi) is 8.43. The molecule has 0 bridgehead atoms. The van der Waals surface area contributed by atoms with Gasteiger partial charge in [-0.25, -0.2) is 9.78 Å². The van der Waals surface area contributed by atoms with Gasteiger partial charge in [0, 0.05) is 17.7 Å². The van der Waals surface area contributed by atoms with E-state index in [0.29, 0.717) is 23.8 Å². The van der Waals surface area contributed by atoms with Crippen molar-refractivity contribution in [3.05, 3.63) is 94.5 Å². The van der Waals surface area contributed by atoms with Gasteiger partial charge in [0.05, 0.1) is 31.7 Å². The predicted octanol–water partition coefficient (Wildman–Crippen LogP) is 5.66. The Labute approximate surface area is 213 Å². The molecular formula is C25H25Cl2N3O5. The van der Waals surface area contributed by atoms with Crippen LogP contribution in [-0.4, -0.2) is 33.5 Å². The first kappa shape index (κ1) is 25.2. The lowest BCUT2D eigenvalue weighted by atomic mass is 10.00. The fourth-order valence-electron chi connectivity index (χ4n) is 3.77. The number of ether oxygens (including phenoxy) is 3. The van der Waals surface area contributed by atoms with Gasteiger partial charge >= 0.3 is 6.09 Å². The minimum absolute atomic E-state index is 0.0327. The van der Waals surface area contributed by atoms with Crippen molar-refractivity contribution in [2.75, 3.05) is 11.9 Å². The molecule has 1 amide bonds. The number of carbonyl (C=O) groups excluding carboxylic acids is 1. The maximum Gasteiger partial charge on any atom is 0.411 e. The summed E-state index contributed by atoms with van der Waals surface area (Å²) in [4.78, 5) is 16.0. The third-order valence-corrected chi connectivity index (χ3v) is 6.26. The highest BCUT2D eigenvalue weighted by Crippen LogP contribution is 2.39. The van der Waals surface area contributed by atoms with Crippen molar-refractivity contribution in [2.45, 2.75) is 38.1 Å². The Balaban J connectivity index is 1.57. The molecule has 1 aliphatic heterocycles. The van der Waals surface area contributed by atoms with Crippen LogP contribution in [0.25, 0.3) is 0 Å². The predicted molar refractivity (Wildman–Crippen MR) is 132 cm³/mol. The molecule has 0 saturated carbocycles. The van der Waals surface area contributed by atoms with E-state index in [0.717, 1.165) is 16.7 Å². The van der Waals surface area contributed by atoms with Crippen LogP contribution >= 0.6 is 23.2 Å². The van der Waals surface area contributed by atoms with Crippen molar-refractivity contribution in [1.29, 1.82) is 0 Å². The number of nitrogens with zero attached hydrogens (tertiary/aromatic N) is 2. The summed E-state index contributed by atoms with van der Waals surface area (Å²) in [6, 6.07) is 14.8. The maximum atomic E-state index is 11.9. The number of anilines is 1. The molecule has 10 heteroatoms. The summed E-state index contributed by atoms with van der Waals surface area (Å²) in [7, 11) is 0. The summed E-state index contributed by atoms with van der Waals surface area (Å²) < 4.78 is 19.3. The maximum absolute atomic E-state index is 11.9. The van der Waals surface area contributed by atoms with Gasteiger partial charge in [-0.05, 0) is 23.3 Å². The largest absolute Gasteiger partial charge is 0.445 e. The number of rotatable bonds is 8. The van der Waals surface area contributed by atoms with E-state index in [9.17, 15) is 9.90 Å². The minimum atomic E-state index is -0.708. The molecule has 8 nitrogen and oxygen atoms in total. The average Bonchev–Trinajstić information content (AvgIpc) is 3.19. The first-order valence-corrected chi connectivity index (χ1v) is 11.7. The van der Waals surface area contributed by atoms with Crippen LogP contribution in [0, 0.1) is 0 Å². The van der Waals surface area contributed by atoms with Crippen molar-refractivity contribution >= 4 is 35.0 Å². The number of amides is 1. The van der Waals surface area contributed by atoms with E-state index in [2.05, 4.69) is 16.9 Å². The summed E-state index contributed by atoms with van der Waals surface area (Å²) >= 11 is 12.3. The lowest BCUT2D eigenvalue weighted by molar-refractivity contribution is -0.252. The van der Waals surface area contributed by atoms with Crippen LogP contribution in [0.2, 0.25) is 10.3 Å². The molecule has 1 saturated heterocycles. The second-order valence-corrected chi connectivity index (χ2v) is 8.68. The fourth-order valence-corrected chi connectivity index (χ4v) is 4.09. The molecule has 1 aromatic heterocycles. The fraction of sp³-hybridized carbons (Fsp3) is 0.280. The first-order chi connectivity index (χ1) is 17.0. The lowest BCUT2D eigenvalue weighted by Crippen LogP contribution is -2.32. The summed E-state index contributed by atoms with van der Waals surface area (Å²) in [5.41, 5.74) is 3.04. The van der Waals surface area contributed by atoms with E-state index >= 15 is 0 Å². The minimum Gasteiger partial charge on any atom is -0.445 e. The quantitative estimate of drug-likeness (QED) is 0.374. The number of aromatic nitrogens is 2. The van der Waals surface area contributed by atoms with Crippen LogP contribution in [0.5, 0.6) is 0 Å². The molecule has 0 aliphatic carbocycles. The van der Waals surface area contributed by atoms with Gasteiger partial charge in [0.15, 0.2) is 11.4 Å². The average molecular weight is 518 g/mol. The smallest absolute Gasteiger partial charge is 0.411 e. The molecule has 0 spiro atoms. The molecule has 4 rings (SSSR count). The zero-order valence-electron chi connectivity index (χ0n) is 18.8. The Morgan fingerprint density at radius 3 is 2.71 bits per heavy atom. The van der Waals surface area contributed by atoms with Crippen molar-refractivity contribution in [1.82, 2.24) is 9.55 Å². The van der Waals surface area contributed by atoms with E-state index in [1.54, 1.807) is 29.1 Å². The van der Waals surface area contributed by atoms with Crippen molar-refractivity contribution in [3.63, 3.8) is 0 Å². The summed E-state index contributed by atoms with van der Waals surface area (Å²) in [5, 5.41) is 12.6. The Hall–Kier alpha value is -2.88. The van der Waals surface area contributed by atoms with Gasteiger partial charge in [0.1, 0.15) is 11.8 Å². The number of nitrogens with one attached hydrogen (secondary N) is 1. The topological polar surface area (TPSA) is 94.8 Å². The molecule has 0 radical (unpaired) electrons. The van der Waals surface area contributed by atoms with Gasteiger partial charge in [0.25, 0.3) is 0 Å². The summed E-state index contributed by atoms with van der Waals surface area (Å²) in [5.74, 6) is 0. The second-order valence-electron chi connectivity index (χ2n) is 7.97. The van der Waals surface area contributed by atoms with Crippen molar-refractivity contribution < 1.29 is 24.1 Å². The molecule has 1 fully saturated rings. The highest BCUT2D eigenvalue weighted by molar-refractivity contribution is 6.40. The lowest BCUT2D eigenvalue weighted by Gasteiger charge is -2.36. The van der Waals surface area contributed by atoms with Gasteiger partial charge in [-0.15, -0.1) is 0 Å². The number of hydrogen-bond donors (Lipinski definition) is 2. The van der Waals surface area contributed by atoms with E-state index in [1.807, 2.05) is 30.3 Å². The van der Waals surface area contributed by atoms with Crippen molar-refractivity contribution in [3.8, 4) is 0 Å². The zero-order chi connectivity index (χ0) is 24.8. The Morgan fingerprint density at radius 2 is 2.03 bits per heavy atom. The Bertz CT molecular complexity index is 1170. The summed E-state index contributed by atoms with van der Waals surface area (Å²) in [6.07, 6.45) is 1.79. The number of hydrogen-bond acceptors (Lipinski definition) is 6. The van der Waals surface area contributed by atoms with Crippen LogP contribution in [-0.2, 0) is 27.4 Å². The van der Waals surface area contributed by atoms with Gasteiger partial charge < -0.3 is 23.9 Å². The molecule has 2 aromatic carbocycles. The van der Waals surface area contributed by atoms with Crippen LogP contribution in [0.3, 0.4) is 0 Å². The van der Waals surface area contributed by atoms with Gasteiger partial charge in [0.2, 0.25) is 0 Å². The number of carbonyl (C=O) groups is 1.